The zero-order valence-electron chi connectivity index (χ0n) is 12.0. The second kappa shape index (κ2) is 6.93. The van der Waals surface area contributed by atoms with Crippen LogP contribution in [-0.2, 0) is 9.84 Å². The molecule has 1 aromatic carbocycles. The number of aromatic amines is 1. The molecule has 118 valence electrons. The lowest BCUT2D eigenvalue weighted by molar-refractivity contribution is 0.0954. The van der Waals surface area contributed by atoms with E-state index in [1.807, 2.05) is 6.07 Å². The molecular formula is C14H16ClN3O3S. The second-order valence-electron chi connectivity index (χ2n) is 4.91. The Morgan fingerprint density at radius 1 is 1.41 bits per heavy atom. The molecule has 0 atom stereocenters. The molecule has 0 aliphatic heterocycles. The van der Waals surface area contributed by atoms with Crippen LogP contribution in [0.1, 0.15) is 16.8 Å². The number of benzene rings is 1. The minimum atomic E-state index is -3.02. The van der Waals surface area contributed by atoms with Crippen LogP contribution in [0.3, 0.4) is 0 Å². The van der Waals surface area contributed by atoms with Crippen LogP contribution in [0.25, 0.3) is 11.3 Å². The summed E-state index contributed by atoms with van der Waals surface area (Å²) >= 11 is 5.95. The molecule has 0 aliphatic carbocycles. The first-order valence-corrected chi connectivity index (χ1v) is 9.06. The van der Waals surface area contributed by atoms with E-state index in [1.165, 1.54) is 12.5 Å². The molecule has 1 amide bonds. The first-order chi connectivity index (χ1) is 10.4. The van der Waals surface area contributed by atoms with Crippen LogP contribution >= 0.6 is 11.6 Å². The monoisotopic (exact) mass is 341 g/mol. The van der Waals surface area contributed by atoms with Gasteiger partial charge in [0.2, 0.25) is 0 Å². The molecule has 0 radical (unpaired) electrons. The fraction of sp³-hybridized carbons (Fsp3) is 0.286. The predicted octanol–water partition coefficient (Wildman–Crippen LogP) is 1.89. The van der Waals surface area contributed by atoms with Crippen molar-refractivity contribution in [1.29, 1.82) is 0 Å². The molecule has 0 saturated heterocycles. The van der Waals surface area contributed by atoms with Crippen LogP contribution in [0.4, 0.5) is 0 Å². The standard InChI is InChI=1S/C14H16ClN3O3S/c1-22(20,21)7-3-6-16-14(19)12-9-17-18-13(12)10-4-2-5-11(15)8-10/h2,4-5,8-9H,3,6-7H2,1H3,(H,16,19)(H,17,18). The van der Waals surface area contributed by atoms with Crippen molar-refractivity contribution in [3.05, 3.63) is 41.0 Å². The molecule has 0 saturated carbocycles. The molecular weight excluding hydrogens is 326 g/mol. The molecule has 6 nitrogen and oxygen atoms in total. The van der Waals surface area contributed by atoms with Crippen LogP contribution in [0.15, 0.2) is 30.5 Å². The lowest BCUT2D eigenvalue weighted by Gasteiger charge is -2.06. The van der Waals surface area contributed by atoms with Gasteiger partial charge in [-0.1, -0.05) is 23.7 Å². The summed E-state index contributed by atoms with van der Waals surface area (Å²) in [5, 5.41) is 9.92. The summed E-state index contributed by atoms with van der Waals surface area (Å²) in [6, 6.07) is 7.08. The van der Waals surface area contributed by atoms with E-state index in [4.69, 9.17) is 11.6 Å². The number of carbonyl (C=O) groups excluding carboxylic acids is 1. The van der Waals surface area contributed by atoms with Crippen molar-refractivity contribution in [2.45, 2.75) is 6.42 Å². The Bertz CT molecular complexity index is 771. The topological polar surface area (TPSA) is 91.9 Å². The largest absolute Gasteiger partial charge is 0.352 e. The number of aromatic nitrogens is 2. The van der Waals surface area contributed by atoms with Crippen molar-refractivity contribution < 1.29 is 13.2 Å². The number of nitrogens with zero attached hydrogens (tertiary/aromatic N) is 1. The Hall–Kier alpha value is -1.86. The highest BCUT2D eigenvalue weighted by Gasteiger charge is 2.15. The summed E-state index contributed by atoms with van der Waals surface area (Å²) in [6.45, 7) is 0.284. The predicted molar refractivity (Wildman–Crippen MR) is 85.7 cm³/mol. The van der Waals surface area contributed by atoms with Crippen LogP contribution in [-0.4, -0.2) is 43.1 Å². The lowest BCUT2D eigenvalue weighted by Crippen LogP contribution is -2.26. The van der Waals surface area contributed by atoms with Crippen molar-refractivity contribution in [2.75, 3.05) is 18.6 Å². The molecule has 0 spiro atoms. The molecule has 0 bridgehead atoms. The van der Waals surface area contributed by atoms with Crippen LogP contribution in [0, 0.1) is 0 Å². The van der Waals surface area contributed by atoms with Crippen molar-refractivity contribution in [3.8, 4) is 11.3 Å². The number of carbonyl (C=O) groups is 1. The number of amides is 1. The third-order valence-electron chi connectivity index (χ3n) is 2.97. The molecule has 0 unspecified atom stereocenters. The van der Waals surface area contributed by atoms with E-state index in [0.717, 1.165) is 5.56 Å². The minimum Gasteiger partial charge on any atom is -0.352 e. The number of halogens is 1. The van der Waals surface area contributed by atoms with Gasteiger partial charge in [0.15, 0.2) is 0 Å². The van der Waals surface area contributed by atoms with Gasteiger partial charge in [0.25, 0.3) is 5.91 Å². The van der Waals surface area contributed by atoms with Gasteiger partial charge in [0, 0.05) is 23.4 Å². The molecule has 2 rings (SSSR count). The van der Waals surface area contributed by atoms with Gasteiger partial charge in [-0.3, -0.25) is 9.89 Å². The quantitative estimate of drug-likeness (QED) is 0.785. The van der Waals surface area contributed by atoms with Crippen molar-refractivity contribution in [2.24, 2.45) is 0 Å². The molecule has 1 heterocycles. The van der Waals surface area contributed by atoms with Gasteiger partial charge in [-0.2, -0.15) is 5.10 Å². The van der Waals surface area contributed by atoms with Crippen molar-refractivity contribution in [3.63, 3.8) is 0 Å². The van der Waals surface area contributed by atoms with Gasteiger partial charge in [0.05, 0.1) is 23.2 Å². The molecule has 2 N–H and O–H groups in total. The third-order valence-corrected chi connectivity index (χ3v) is 4.24. The normalized spacial score (nSPS) is 11.4. The van der Waals surface area contributed by atoms with Crippen molar-refractivity contribution >= 4 is 27.3 Å². The Morgan fingerprint density at radius 3 is 2.86 bits per heavy atom. The smallest absolute Gasteiger partial charge is 0.255 e. The highest BCUT2D eigenvalue weighted by Crippen LogP contribution is 2.23. The van der Waals surface area contributed by atoms with E-state index in [2.05, 4.69) is 15.5 Å². The van der Waals surface area contributed by atoms with Crippen molar-refractivity contribution in [1.82, 2.24) is 15.5 Å². The Balaban J connectivity index is 2.04. The molecule has 0 aliphatic rings. The molecule has 8 heteroatoms. The van der Waals surface area contributed by atoms with E-state index >= 15 is 0 Å². The van der Waals surface area contributed by atoms with Gasteiger partial charge in [-0.05, 0) is 18.6 Å². The van der Waals surface area contributed by atoms with Crippen LogP contribution < -0.4 is 5.32 Å². The third kappa shape index (κ3) is 4.57. The fourth-order valence-corrected chi connectivity index (χ4v) is 2.81. The number of hydrogen-bond acceptors (Lipinski definition) is 4. The van der Waals surface area contributed by atoms with E-state index < -0.39 is 9.84 Å². The zero-order valence-corrected chi connectivity index (χ0v) is 13.5. The van der Waals surface area contributed by atoms with Gasteiger partial charge in [-0.15, -0.1) is 0 Å². The minimum absolute atomic E-state index is 0.0415. The second-order valence-corrected chi connectivity index (χ2v) is 7.60. The summed E-state index contributed by atoms with van der Waals surface area (Å²) < 4.78 is 22.1. The Kier molecular flexibility index (Phi) is 5.20. The Labute approximate surface area is 133 Å². The summed E-state index contributed by atoms with van der Waals surface area (Å²) in [4.78, 5) is 12.2. The SMILES string of the molecule is CS(=O)(=O)CCCNC(=O)c1cn[nH]c1-c1cccc(Cl)c1. The van der Waals surface area contributed by atoms with Crippen LogP contribution in [0.5, 0.6) is 0 Å². The number of rotatable bonds is 6. The maximum Gasteiger partial charge on any atom is 0.255 e. The van der Waals surface area contributed by atoms with E-state index in [0.29, 0.717) is 22.7 Å². The maximum atomic E-state index is 12.2. The zero-order chi connectivity index (χ0) is 16.2. The molecule has 2 aromatic rings. The highest BCUT2D eigenvalue weighted by atomic mass is 35.5. The van der Waals surface area contributed by atoms with Crippen LogP contribution in [0.2, 0.25) is 5.02 Å². The van der Waals surface area contributed by atoms with E-state index in [1.54, 1.807) is 18.2 Å². The number of sulfone groups is 1. The first-order valence-electron chi connectivity index (χ1n) is 6.62. The lowest BCUT2D eigenvalue weighted by atomic mass is 10.1. The molecule has 0 fully saturated rings. The van der Waals surface area contributed by atoms with Gasteiger partial charge in [0.1, 0.15) is 9.84 Å². The first kappa shape index (κ1) is 16.5. The summed E-state index contributed by atoms with van der Waals surface area (Å²) in [7, 11) is -3.02. The average molecular weight is 342 g/mol. The molecule has 22 heavy (non-hydrogen) atoms. The van der Waals surface area contributed by atoms with Gasteiger partial charge < -0.3 is 5.32 Å². The summed E-state index contributed by atoms with van der Waals surface area (Å²) in [6.07, 6.45) is 2.97. The number of nitrogens with one attached hydrogen (secondary N) is 2. The van der Waals surface area contributed by atoms with Gasteiger partial charge >= 0.3 is 0 Å². The van der Waals surface area contributed by atoms with Gasteiger partial charge in [-0.25, -0.2) is 8.42 Å². The average Bonchev–Trinajstić information content (AvgIpc) is 2.92. The highest BCUT2D eigenvalue weighted by molar-refractivity contribution is 7.90. The van der Waals surface area contributed by atoms with E-state index in [-0.39, 0.29) is 18.2 Å². The summed E-state index contributed by atoms with van der Waals surface area (Å²) in [5.74, 6) is -0.267. The summed E-state index contributed by atoms with van der Waals surface area (Å²) in [5.41, 5.74) is 1.72. The molecule has 1 aromatic heterocycles. The van der Waals surface area contributed by atoms with E-state index in [9.17, 15) is 13.2 Å². The maximum absolute atomic E-state index is 12.2. The number of H-pyrrole nitrogens is 1. The Morgan fingerprint density at radius 2 is 2.18 bits per heavy atom. The fourth-order valence-electron chi connectivity index (χ4n) is 1.95. The number of hydrogen-bond donors (Lipinski definition) is 2.